The van der Waals surface area contributed by atoms with E-state index in [-0.39, 0.29) is 0 Å². The largest absolute Gasteiger partial charge is 0.460 e. The Kier molecular flexibility index (Phi) is 4.63. The Balaban J connectivity index is 1.71. The number of nitrogens with zero attached hydrogens (tertiary/aromatic N) is 1. The van der Waals surface area contributed by atoms with E-state index in [0.29, 0.717) is 0 Å². The number of hydrogen-bond donors (Lipinski definition) is 1. The van der Waals surface area contributed by atoms with Crippen molar-refractivity contribution in [3.05, 3.63) is 46.7 Å². The van der Waals surface area contributed by atoms with Crippen molar-refractivity contribution in [1.82, 2.24) is 10.2 Å². The molecular weight excluding hydrogens is 284 g/mol. The van der Waals surface area contributed by atoms with E-state index in [4.69, 9.17) is 16.0 Å². The zero-order chi connectivity index (χ0) is 14.7. The Morgan fingerprint density at radius 3 is 2.95 bits per heavy atom. The van der Waals surface area contributed by atoms with Gasteiger partial charge in [-0.25, -0.2) is 0 Å². The Labute approximate surface area is 130 Å². The Bertz CT molecular complexity index is 601. The molecule has 21 heavy (non-hydrogen) atoms. The molecule has 1 aliphatic rings. The van der Waals surface area contributed by atoms with Gasteiger partial charge in [0.2, 0.25) is 0 Å². The second kappa shape index (κ2) is 6.65. The van der Waals surface area contributed by atoms with Crippen molar-refractivity contribution in [1.29, 1.82) is 0 Å². The molecule has 1 aromatic carbocycles. The maximum absolute atomic E-state index is 6.19. The highest BCUT2D eigenvalue weighted by atomic mass is 35.5. The molecule has 3 rings (SSSR count). The van der Waals surface area contributed by atoms with Crippen LogP contribution in [0.15, 0.2) is 34.7 Å². The van der Waals surface area contributed by atoms with Crippen LogP contribution in [-0.2, 0) is 6.54 Å². The van der Waals surface area contributed by atoms with Crippen molar-refractivity contribution >= 4 is 11.6 Å². The first-order valence-corrected chi connectivity index (χ1v) is 7.88. The summed E-state index contributed by atoms with van der Waals surface area (Å²) in [5.41, 5.74) is 2.12. The van der Waals surface area contributed by atoms with Crippen LogP contribution in [0.25, 0.3) is 11.3 Å². The number of benzene rings is 1. The molecule has 0 bridgehead atoms. The average Bonchev–Trinajstić information content (AvgIpc) is 2.78. The first-order chi connectivity index (χ1) is 10.2. The summed E-state index contributed by atoms with van der Waals surface area (Å²) >= 11 is 6.19. The minimum atomic E-state index is 0.782. The highest BCUT2D eigenvalue weighted by molar-refractivity contribution is 6.31. The fourth-order valence-corrected chi connectivity index (χ4v) is 2.82. The fraction of sp³-hybridized carbons (Fsp3) is 0.412. The normalized spacial score (nSPS) is 16.9. The van der Waals surface area contributed by atoms with Gasteiger partial charge in [0.05, 0.1) is 6.54 Å². The summed E-state index contributed by atoms with van der Waals surface area (Å²) in [5, 5.41) is 4.20. The van der Waals surface area contributed by atoms with E-state index in [0.717, 1.165) is 60.4 Å². The van der Waals surface area contributed by atoms with Gasteiger partial charge in [0.15, 0.2) is 0 Å². The lowest BCUT2D eigenvalue weighted by atomic mass is 10.1. The van der Waals surface area contributed by atoms with Gasteiger partial charge < -0.3 is 9.73 Å². The van der Waals surface area contributed by atoms with Crippen LogP contribution in [0.2, 0.25) is 5.02 Å². The lowest BCUT2D eigenvalue weighted by Crippen LogP contribution is -2.27. The quantitative estimate of drug-likeness (QED) is 0.937. The van der Waals surface area contributed by atoms with Crippen molar-refractivity contribution in [2.45, 2.75) is 19.9 Å². The molecule has 1 fully saturated rings. The van der Waals surface area contributed by atoms with Gasteiger partial charge >= 0.3 is 0 Å². The lowest BCUT2D eigenvalue weighted by molar-refractivity contribution is 0.260. The maximum atomic E-state index is 6.19. The average molecular weight is 305 g/mol. The van der Waals surface area contributed by atoms with Gasteiger partial charge in [0.1, 0.15) is 11.5 Å². The molecule has 2 aromatic rings. The highest BCUT2D eigenvalue weighted by Gasteiger charge is 2.12. The van der Waals surface area contributed by atoms with Crippen LogP contribution in [0.3, 0.4) is 0 Å². The molecule has 0 saturated carbocycles. The van der Waals surface area contributed by atoms with Crippen molar-refractivity contribution in [3.8, 4) is 11.3 Å². The van der Waals surface area contributed by atoms with Gasteiger partial charge in [0, 0.05) is 23.7 Å². The number of nitrogens with one attached hydrogen (secondary N) is 1. The predicted octanol–water partition coefficient (Wildman–Crippen LogP) is 3.70. The van der Waals surface area contributed by atoms with E-state index in [9.17, 15) is 0 Å². The monoisotopic (exact) mass is 304 g/mol. The predicted molar refractivity (Wildman–Crippen MR) is 86.7 cm³/mol. The summed E-state index contributed by atoms with van der Waals surface area (Å²) in [7, 11) is 0. The topological polar surface area (TPSA) is 28.4 Å². The van der Waals surface area contributed by atoms with Crippen LogP contribution in [-0.4, -0.2) is 31.1 Å². The van der Waals surface area contributed by atoms with Gasteiger partial charge in [-0.05, 0) is 50.2 Å². The van der Waals surface area contributed by atoms with Crippen LogP contribution < -0.4 is 5.32 Å². The van der Waals surface area contributed by atoms with Gasteiger partial charge in [0.25, 0.3) is 0 Å². The van der Waals surface area contributed by atoms with Crippen molar-refractivity contribution in [3.63, 3.8) is 0 Å². The fourth-order valence-electron chi connectivity index (χ4n) is 2.64. The van der Waals surface area contributed by atoms with Crippen molar-refractivity contribution < 1.29 is 4.42 Å². The standard InChI is InChI=1S/C17H21ClN2O/c1-13-3-4-14(11-16(13)18)17-6-5-15(21-17)12-20-9-2-7-19-8-10-20/h3-6,11,19H,2,7-10,12H2,1H3. The number of hydrogen-bond acceptors (Lipinski definition) is 3. The zero-order valence-corrected chi connectivity index (χ0v) is 13.1. The summed E-state index contributed by atoms with van der Waals surface area (Å²) < 4.78 is 5.99. The third kappa shape index (κ3) is 3.67. The molecule has 0 unspecified atom stereocenters. The number of halogens is 1. The first kappa shape index (κ1) is 14.6. The van der Waals surface area contributed by atoms with Gasteiger partial charge in [-0.2, -0.15) is 0 Å². The molecule has 0 aliphatic carbocycles. The Hall–Kier alpha value is -1.29. The Morgan fingerprint density at radius 2 is 2.10 bits per heavy atom. The van der Waals surface area contributed by atoms with Crippen molar-refractivity contribution in [2.24, 2.45) is 0 Å². The molecule has 3 nitrogen and oxygen atoms in total. The number of aryl methyl sites for hydroxylation is 1. The third-order valence-electron chi connectivity index (χ3n) is 3.93. The summed E-state index contributed by atoms with van der Waals surface area (Å²) in [6, 6.07) is 10.2. The summed E-state index contributed by atoms with van der Waals surface area (Å²) in [6.45, 7) is 7.25. The molecule has 0 spiro atoms. The van der Waals surface area contributed by atoms with Gasteiger partial charge in [-0.3, -0.25) is 4.90 Å². The first-order valence-electron chi connectivity index (χ1n) is 7.51. The minimum Gasteiger partial charge on any atom is -0.460 e. The molecule has 1 aliphatic heterocycles. The summed E-state index contributed by atoms with van der Waals surface area (Å²) in [5.74, 6) is 1.91. The van der Waals surface area contributed by atoms with E-state index in [1.165, 1.54) is 6.42 Å². The van der Waals surface area contributed by atoms with E-state index in [2.05, 4.69) is 22.3 Å². The molecule has 4 heteroatoms. The van der Waals surface area contributed by atoms with Crippen LogP contribution >= 0.6 is 11.6 Å². The number of rotatable bonds is 3. The molecule has 1 N–H and O–H groups in total. The van der Waals surface area contributed by atoms with Crippen LogP contribution in [0.1, 0.15) is 17.7 Å². The maximum Gasteiger partial charge on any atom is 0.134 e. The van der Waals surface area contributed by atoms with Crippen LogP contribution in [0.5, 0.6) is 0 Å². The van der Waals surface area contributed by atoms with Crippen LogP contribution in [0.4, 0.5) is 0 Å². The van der Waals surface area contributed by atoms with E-state index >= 15 is 0 Å². The molecule has 0 radical (unpaired) electrons. The van der Waals surface area contributed by atoms with Gasteiger partial charge in [-0.1, -0.05) is 23.7 Å². The molecule has 1 saturated heterocycles. The number of furan rings is 1. The molecule has 112 valence electrons. The second-order valence-electron chi connectivity index (χ2n) is 5.61. The smallest absolute Gasteiger partial charge is 0.134 e. The van der Waals surface area contributed by atoms with Crippen LogP contribution in [0, 0.1) is 6.92 Å². The van der Waals surface area contributed by atoms with Crippen molar-refractivity contribution in [2.75, 3.05) is 26.2 Å². The molecule has 1 aromatic heterocycles. The Morgan fingerprint density at radius 1 is 1.19 bits per heavy atom. The van der Waals surface area contributed by atoms with E-state index < -0.39 is 0 Å². The minimum absolute atomic E-state index is 0.782. The zero-order valence-electron chi connectivity index (χ0n) is 12.4. The van der Waals surface area contributed by atoms with E-state index in [1.54, 1.807) is 0 Å². The SMILES string of the molecule is Cc1ccc(-c2ccc(CN3CCCNCC3)o2)cc1Cl. The summed E-state index contributed by atoms with van der Waals surface area (Å²) in [6.07, 6.45) is 1.20. The highest BCUT2D eigenvalue weighted by Crippen LogP contribution is 2.27. The summed E-state index contributed by atoms with van der Waals surface area (Å²) in [4.78, 5) is 2.44. The molecule has 0 atom stereocenters. The van der Waals surface area contributed by atoms with E-state index in [1.807, 2.05) is 25.1 Å². The third-order valence-corrected chi connectivity index (χ3v) is 4.34. The second-order valence-corrected chi connectivity index (χ2v) is 6.02. The van der Waals surface area contributed by atoms with Gasteiger partial charge in [-0.15, -0.1) is 0 Å². The molecule has 2 heterocycles. The molecule has 0 amide bonds. The molecular formula is C17H21ClN2O. The lowest BCUT2D eigenvalue weighted by Gasteiger charge is -2.17.